The Balaban J connectivity index is 1.55. The summed E-state index contributed by atoms with van der Waals surface area (Å²) in [4.78, 5) is 2.24. The van der Waals surface area contributed by atoms with E-state index in [-0.39, 0.29) is 12.2 Å². The van der Waals surface area contributed by atoms with E-state index in [2.05, 4.69) is 47.4 Å². The summed E-state index contributed by atoms with van der Waals surface area (Å²) in [6, 6.07) is 19.3. The van der Waals surface area contributed by atoms with Crippen LogP contribution in [0, 0.1) is 18.6 Å². The minimum absolute atomic E-state index is 0.0938. The number of benzene rings is 3. The Bertz CT molecular complexity index is 1260. The van der Waals surface area contributed by atoms with Gasteiger partial charge in [-0.3, -0.25) is 9.29 Å². The average molecular weight is 474 g/mol. The lowest BCUT2D eigenvalue weighted by Gasteiger charge is -2.33. The fourth-order valence-electron chi connectivity index (χ4n) is 5.34. The molecule has 1 saturated heterocycles. The molecule has 35 heavy (non-hydrogen) atoms. The number of rotatable bonds is 6. The standard InChI is InChI=1S/C31H30F3N/c1-21-16-28(33)31(29(34)17-21)27-9-4-7-24-6-2-3-8-26(24)30(27)25-12-10-22(11-13-25)18-23-19-35(20-23)15-5-14-32/h2-3,6,8,10-13,16-18H,4-5,7,9,14-15,19-20H2,1H3. The van der Waals surface area contributed by atoms with Crippen molar-refractivity contribution in [2.24, 2.45) is 0 Å². The highest BCUT2D eigenvalue weighted by Gasteiger charge is 2.24. The molecule has 3 aromatic rings. The van der Waals surface area contributed by atoms with E-state index in [1.807, 2.05) is 12.1 Å². The molecule has 0 saturated carbocycles. The van der Waals surface area contributed by atoms with Gasteiger partial charge in [-0.05, 0) is 89.3 Å². The molecule has 4 heteroatoms. The van der Waals surface area contributed by atoms with Crippen LogP contribution in [0.3, 0.4) is 0 Å². The summed E-state index contributed by atoms with van der Waals surface area (Å²) in [5.74, 6) is -1.00. The van der Waals surface area contributed by atoms with Crippen molar-refractivity contribution in [1.82, 2.24) is 4.90 Å². The summed E-state index contributed by atoms with van der Waals surface area (Å²) >= 11 is 0. The van der Waals surface area contributed by atoms with Crippen molar-refractivity contribution in [1.29, 1.82) is 0 Å². The van der Waals surface area contributed by atoms with E-state index in [1.165, 1.54) is 23.3 Å². The topological polar surface area (TPSA) is 3.24 Å². The van der Waals surface area contributed by atoms with Gasteiger partial charge in [0.15, 0.2) is 0 Å². The number of hydrogen-bond acceptors (Lipinski definition) is 1. The van der Waals surface area contributed by atoms with Crippen molar-refractivity contribution in [2.45, 2.75) is 32.6 Å². The Morgan fingerprint density at radius 2 is 1.63 bits per heavy atom. The first-order chi connectivity index (χ1) is 17.0. The number of halogens is 3. The van der Waals surface area contributed by atoms with Crippen molar-refractivity contribution >= 4 is 17.2 Å². The van der Waals surface area contributed by atoms with E-state index in [4.69, 9.17) is 0 Å². The van der Waals surface area contributed by atoms with Crippen LogP contribution in [0.4, 0.5) is 13.2 Å². The molecule has 0 amide bonds. The maximum atomic E-state index is 15.1. The monoisotopic (exact) mass is 473 g/mol. The Kier molecular flexibility index (Phi) is 6.92. The summed E-state index contributed by atoms with van der Waals surface area (Å²) in [6.45, 7) is 4.01. The molecule has 2 aliphatic rings. The van der Waals surface area contributed by atoms with Gasteiger partial charge < -0.3 is 0 Å². The van der Waals surface area contributed by atoms with E-state index in [0.717, 1.165) is 60.3 Å². The average Bonchev–Trinajstić information content (AvgIpc) is 3.00. The number of likely N-dealkylation sites (tertiary alicyclic amines) is 1. The van der Waals surface area contributed by atoms with Crippen LogP contribution in [-0.2, 0) is 6.42 Å². The molecule has 0 radical (unpaired) electrons. The van der Waals surface area contributed by atoms with Gasteiger partial charge >= 0.3 is 0 Å². The summed E-state index contributed by atoms with van der Waals surface area (Å²) < 4.78 is 42.7. The molecular formula is C31H30F3N. The number of hydrogen-bond donors (Lipinski definition) is 0. The normalized spacial score (nSPS) is 16.1. The number of nitrogens with zero attached hydrogens (tertiary/aromatic N) is 1. The van der Waals surface area contributed by atoms with Crippen molar-refractivity contribution in [3.8, 4) is 0 Å². The van der Waals surface area contributed by atoms with Gasteiger partial charge in [-0.25, -0.2) is 8.78 Å². The predicted octanol–water partition coefficient (Wildman–Crippen LogP) is 7.63. The molecule has 1 heterocycles. The first-order valence-corrected chi connectivity index (χ1v) is 12.4. The highest BCUT2D eigenvalue weighted by molar-refractivity contribution is 6.00. The zero-order chi connectivity index (χ0) is 24.4. The molecule has 5 rings (SSSR count). The summed E-state index contributed by atoms with van der Waals surface area (Å²) in [5, 5.41) is 0. The van der Waals surface area contributed by atoms with Crippen LogP contribution in [0.1, 0.15) is 52.6 Å². The molecule has 1 aliphatic heterocycles. The smallest absolute Gasteiger partial charge is 0.133 e. The summed E-state index contributed by atoms with van der Waals surface area (Å²) in [6.07, 6.45) is 5.10. The predicted molar refractivity (Wildman–Crippen MR) is 138 cm³/mol. The second-order valence-electron chi connectivity index (χ2n) is 9.65. The van der Waals surface area contributed by atoms with Gasteiger partial charge in [0.25, 0.3) is 0 Å². The third-order valence-electron chi connectivity index (χ3n) is 6.98. The van der Waals surface area contributed by atoms with E-state index in [1.54, 1.807) is 6.92 Å². The largest absolute Gasteiger partial charge is 0.295 e. The van der Waals surface area contributed by atoms with Crippen molar-refractivity contribution in [3.63, 3.8) is 0 Å². The van der Waals surface area contributed by atoms with Crippen molar-refractivity contribution in [2.75, 3.05) is 26.3 Å². The van der Waals surface area contributed by atoms with Crippen LogP contribution in [-0.4, -0.2) is 31.2 Å². The number of aryl methyl sites for hydroxylation is 2. The molecule has 0 bridgehead atoms. The van der Waals surface area contributed by atoms with E-state index < -0.39 is 11.6 Å². The Morgan fingerprint density at radius 3 is 2.34 bits per heavy atom. The second kappa shape index (κ2) is 10.2. The maximum absolute atomic E-state index is 15.1. The number of fused-ring (bicyclic) bond motifs is 1. The fourth-order valence-corrected chi connectivity index (χ4v) is 5.34. The van der Waals surface area contributed by atoms with Gasteiger partial charge in [-0.15, -0.1) is 0 Å². The number of alkyl halides is 1. The maximum Gasteiger partial charge on any atom is 0.133 e. The quantitative estimate of drug-likeness (QED) is 0.356. The van der Waals surface area contributed by atoms with Crippen molar-refractivity contribution < 1.29 is 13.2 Å². The summed E-state index contributed by atoms with van der Waals surface area (Å²) in [7, 11) is 0. The van der Waals surface area contributed by atoms with Gasteiger partial charge in [0.1, 0.15) is 11.6 Å². The lowest BCUT2D eigenvalue weighted by molar-refractivity contribution is 0.239. The third kappa shape index (κ3) is 4.99. The molecular weight excluding hydrogens is 443 g/mol. The molecule has 1 nitrogen and oxygen atoms in total. The van der Waals surface area contributed by atoms with Crippen LogP contribution in [0.15, 0.2) is 66.2 Å². The van der Waals surface area contributed by atoms with Gasteiger partial charge in [0.05, 0.1) is 6.67 Å². The van der Waals surface area contributed by atoms with E-state index in [9.17, 15) is 4.39 Å². The van der Waals surface area contributed by atoms with Crippen molar-refractivity contribution in [3.05, 3.63) is 111 Å². The van der Waals surface area contributed by atoms with E-state index in [0.29, 0.717) is 18.4 Å². The molecule has 3 aromatic carbocycles. The molecule has 0 aromatic heterocycles. The zero-order valence-corrected chi connectivity index (χ0v) is 20.1. The molecule has 0 spiro atoms. The van der Waals surface area contributed by atoms with Gasteiger partial charge in [0, 0.05) is 25.2 Å². The molecule has 0 unspecified atom stereocenters. The third-order valence-corrected chi connectivity index (χ3v) is 6.98. The van der Waals surface area contributed by atoms with Crippen LogP contribution in [0.5, 0.6) is 0 Å². The highest BCUT2D eigenvalue weighted by atomic mass is 19.1. The molecule has 180 valence electrons. The number of allylic oxidation sites excluding steroid dienone is 1. The van der Waals surface area contributed by atoms with Gasteiger partial charge in [-0.2, -0.15) is 0 Å². The Hall–Kier alpha value is -3.11. The minimum Gasteiger partial charge on any atom is -0.295 e. The Labute approximate surface area is 205 Å². The van der Waals surface area contributed by atoms with Crippen LogP contribution < -0.4 is 0 Å². The molecule has 1 fully saturated rings. The molecule has 1 aliphatic carbocycles. The molecule has 0 atom stereocenters. The lowest BCUT2D eigenvalue weighted by atomic mass is 9.87. The van der Waals surface area contributed by atoms with E-state index >= 15 is 8.78 Å². The zero-order valence-electron chi connectivity index (χ0n) is 20.1. The minimum atomic E-state index is -0.502. The van der Waals surface area contributed by atoms with Gasteiger partial charge in [0.2, 0.25) is 0 Å². The molecule has 0 N–H and O–H groups in total. The SMILES string of the molecule is Cc1cc(F)c(C2=C(c3ccc(C=C4CN(CCCF)C4)cc3)c3ccccc3CCC2)c(F)c1. The van der Waals surface area contributed by atoms with Gasteiger partial charge in [-0.1, -0.05) is 54.6 Å². The van der Waals surface area contributed by atoms with Crippen LogP contribution >= 0.6 is 0 Å². The first-order valence-electron chi connectivity index (χ1n) is 12.4. The lowest BCUT2D eigenvalue weighted by Crippen LogP contribution is -2.40. The fraction of sp³-hybridized carbons (Fsp3) is 0.290. The van der Waals surface area contributed by atoms with Crippen LogP contribution in [0.2, 0.25) is 0 Å². The first kappa shape index (κ1) is 23.6. The second-order valence-corrected chi connectivity index (χ2v) is 9.65. The highest BCUT2D eigenvalue weighted by Crippen LogP contribution is 2.41. The summed E-state index contributed by atoms with van der Waals surface area (Å²) in [5.41, 5.74) is 7.98. The van der Waals surface area contributed by atoms with Crippen LogP contribution in [0.25, 0.3) is 17.2 Å². The Morgan fingerprint density at radius 1 is 0.914 bits per heavy atom.